The van der Waals surface area contributed by atoms with Gasteiger partial charge in [-0.3, -0.25) is 4.98 Å². The zero-order chi connectivity index (χ0) is 10.2. The van der Waals surface area contributed by atoms with Crippen LogP contribution in [0.25, 0.3) is 5.52 Å². The average molecular weight is 232 g/mol. The summed E-state index contributed by atoms with van der Waals surface area (Å²) in [4.78, 5) is 3.88. The van der Waals surface area contributed by atoms with E-state index in [9.17, 15) is 8.42 Å². The Morgan fingerprint density at radius 1 is 1.43 bits per heavy atom. The molecule has 0 aromatic carbocycles. The van der Waals surface area contributed by atoms with Crippen molar-refractivity contribution in [2.75, 3.05) is 0 Å². The number of hydrogen-bond donors (Lipinski definition) is 0. The van der Waals surface area contributed by atoms with Crippen LogP contribution in [-0.2, 0) is 14.8 Å². The first-order valence-corrected chi connectivity index (χ1v) is 6.23. The van der Waals surface area contributed by atoms with Crippen molar-refractivity contribution >= 4 is 25.2 Å². The summed E-state index contributed by atoms with van der Waals surface area (Å²) in [7, 11) is 1.59. The minimum Gasteiger partial charge on any atom is -0.261 e. The molecule has 0 N–H and O–H groups in total. The molecule has 0 radical (unpaired) electrons. The lowest BCUT2D eigenvalue weighted by atomic mass is 10.3. The number of nitrogens with zero attached hydrogens (tertiary/aromatic N) is 3. The molecule has 2 rings (SSSR count). The molecule has 0 aliphatic heterocycles. The number of halogens is 1. The smallest absolute Gasteiger partial charge is 0.236 e. The Hall–Kier alpha value is -1.14. The van der Waals surface area contributed by atoms with Crippen LogP contribution < -0.4 is 0 Å². The first-order chi connectivity index (χ1) is 6.56. The molecule has 0 atom stereocenters. The van der Waals surface area contributed by atoms with Crippen molar-refractivity contribution in [2.45, 2.75) is 5.75 Å². The molecule has 0 unspecified atom stereocenters. The van der Waals surface area contributed by atoms with Crippen molar-refractivity contribution in [1.29, 1.82) is 0 Å². The molecule has 2 aromatic rings. The van der Waals surface area contributed by atoms with Gasteiger partial charge in [0.05, 0.1) is 23.7 Å². The zero-order valence-electron chi connectivity index (χ0n) is 6.96. The molecule has 5 nitrogen and oxygen atoms in total. The first kappa shape index (κ1) is 9.42. The fraction of sp³-hybridized carbons (Fsp3) is 0.143. The van der Waals surface area contributed by atoms with E-state index in [0.29, 0.717) is 11.1 Å². The second kappa shape index (κ2) is 3.21. The third-order valence-electron chi connectivity index (χ3n) is 1.73. The number of rotatable bonds is 2. The molecule has 2 heterocycles. The summed E-state index contributed by atoms with van der Waals surface area (Å²) in [5, 5.41) is 3.96. The third kappa shape index (κ3) is 1.85. The minimum absolute atomic E-state index is 0.232. The van der Waals surface area contributed by atoms with Gasteiger partial charge < -0.3 is 0 Å². The quantitative estimate of drug-likeness (QED) is 0.717. The van der Waals surface area contributed by atoms with E-state index in [-0.39, 0.29) is 5.75 Å². The second-order valence-electron chi connectivity index (χ2n) is 2.76. The molecule has 0 bridgehead atoms. The van der Waals surface area contributed by atoms with Crippen LogP contribution in [0.15, 0.2) is 24.8 Å². The van der Waals surface area contributed by atoms with Gasteiger partial charge in [-0.2, -0.15) is 5.10 Å². The van der Waals surface area contributed by atoms with Gasteiger partial charge in [0.25, 0.3) is 0 Å². The Morgan fingerprint density at radius 2 is 2.21 bits per heavy atom. The molecule has 2 aromatic heterocycles. The monoisotopic (exact) mass is 231 g/mol. The predicted octanol–water partition coefficient (Wildman–Crippen LogP) is 0.798. The van der Waals surface area contributed by atoms with Gasteiger partial charge >= 0.3 is 0 Å². The summed E-state index contributed by atoms with van der Waals surface area (Å²) in [5.41, 5.74) is 1.20. The fourth-order valence-corrected chi connectivity index (χ4v) is 2.13. The minimum atomic E-state index is -3.55. The maximum Gasteiger partial charge on any atom is 0.236 e. The summed E-state index contributed by atoms with van der Waals surface area (Å²) in [6, 6.07) is 0. The van der Waals surface area contributed by atoms with Crippen LogP contribution in [0.2, 0.25) is 0 Å². The summed E-state index contributed by atoms with van der Waals surface area (Å²) >= 11 is 0. The van der Waals surface area contributed by atoms with Crippen LogP contribution in [0.4, 0.5) is 0 Å². The molecular formula is C7H6ClN3O2S. The van der Waals surface area contributed by atoms with Crippen LogP contribution in [0.3, 0.4) is 0 Å². The maximum atomic E-state index is 10.9. The Morgan fingerprint density at radius 3 is 2.93 bits per heavy atom. The standard InChI is InChI=1S/C7H6ClN3O2S/c8-14(12,13)5-6-3-10-11-2-1-9-4-7(6)11/h1-4H,5H2. The topological polar surface area (TPSA) is 64.3 Å². The molecule has 7 heteroatoms. The van der Waals surface area contributed by atoms with Crippen molar-refractivity contribution < 1.29 is 8.42 Å². The van der Waals surface area contributed by atoms with E-state index >= 15 is 0 Å². The van der Waals surface area contributed by atoms with E-state index in [0.717, 1.165) is 0 Å². The van der Waals surface area contributed by atoms with Gasteiger partial charge in [0, 0.05) is 28.6 Å². The lowest BCUT2D eigenvalue weighted by Gasteiger charge is -1.94. The predicted molar refractivity (Wildman–Crippen MR) is 51.5 cm³/mol. The van der Waals surface area contributed by atoms with Gasteiger partial charge in [0.1, 0.15) is 0 Å². The molecule has 0 aliphatic carbocycles. The summed E-state index contributed by atoms with van der Waals surface area (Å²) in [6.07, 6.45) is 6.22. The van der Waals surface area contributed by atoms with Crippen LogP contribution >= 0.6 is 10.7 Å². The largest absolute Gasteiger partial charge is 0.261 e. The van der Waals surface area contributed by atoms with Gasteiger partial charge in [-0.25, -0.2) is 12.9 Å². The number of hydrogen-bond acceptors (Lipinski definition) is 4. The van der Waals surface area contributed by atoms with E-state index < -0.39 is 9.05 Å². The number of fused-ring (bicyclic) bond motifs is 1. The highest BCUT2D eigenvalue weighted by Gasteiger charge is 2.11. The Kier molecular flexibility index (Phi) is 2.16. The fourth-order valence-electron chi connectivity index (χ4n) is 1.18. The van der Waals surface area contributed by atoms with Crippen molar-refractivity contribution in [3.05, 3.63) is 30.4 Å². The molecule has 0 aliphatic rings. The van der Waals surface area contributed by atoms with Gasteiger partial charge in [0.15, 0.2) is 0 Å². The van der Waals surface area contributed by atoms with Crippen molar-refractivity contribution in [3.63, 3.8) is 0 Å². The first-order valence-electron chi connectivity index (χ1n) is 3.75. The van der Waals surface area contributed by atoms with E-state index in [1.807, 2.05) is 0 Å². The third-order valence-corrected chi connectivity index (χ3v) is 2.72. The van der Waals surface area contributed by atoms with Crippen LogP contribution in [-0.4, -0.2) is 23.0 Å². The van der Waals surface area contributed by atoms with Gasteiger partial charge in [-0.1, -0.05) is 0 Å². The molecule has 74 valence electrons. The molecule has 0 saturated heterocycles. The van der Waals surface area contributed by atoms with Crippen LogP contribution in [0.5, 0.6) is 0 Å². The lowest BCUT2D eigenvalue weighted by Crippen LogP contribution is -1.94. The molecule has 14 heavy (non-hydrogen) atoms. The van der Waals surface area contributed by atoms with Gasteiger partial charge in [-0.15, -0.1) is 0 Å². The highest BCUT2D eigenvalue weighted by atomic mass is 35.7. The van der Waals surface area contributed by atoms with E-state index in [4.69, 9.17) is 10.7 Å². The maximum absolute atomic E-state index is 10.9. The molecule has 0 saturated carbocycles. The molecule has 0 fully saturated rings. The van der Waals surface area contributed by atoms with Gasteiger partial charge in [-0.05, 0) is 0 Å². The summed E-state index contributed by atoms with van der Waals surface area (Å²) in [6.45, 7) is 0. The zero-order valence-corrected chi connectivity index (χ0v) is 8.53. The Bertz CT molecular complexity index is 563. The second-order valence-corrected chi connectivity index (χ2v) is 5.54. The van der Waals surface area contributed by atoms with Crippen LogP contribution in [0, 0.1) is 0 Å². The SMILES string of the molecule is O=S(=O)(Cl)Cc1cnn2ccncc12. The number of aromatic nitrogens is 3. The van der Waals surface area contributed by atoms with Crippen LogP contribution in [0.1, 0.15) is 5.56 Å². The Labute approximate surface area is 84.8 Å². The van der Waals surface area contributed by atoms with Crippen molar-refractivity contribution in [3.8, 4) is 0 Å². The Balaban J connectivity index is 2.54. The lowest BCUT2D eigenvalue weighted by molar-refractivity contribution is 0.609. The summed E-state index contributed by atoms with van der Waals surface area (Å²) in [5.74, 6) is -0.232. The van der Waals surface area contributed by atoms with Gasteiger partial charge in [0.2, 0.25) is 9.05 Å². The summed E-state index contributed by atoms with van der Waals surface area (Å²) < 4.78 is 23.2. The molecular weight excluding hydrogens is 226 g/mol. The normalized spacial score (nSPS) is 12.1. The van der Waals surface area contributed by atoms with E-state index in [1.54, 1.807) is 23.1 Å². The van der Waals surface area contributed by atoms with Crippen molar-refractivity contribution in [1.82, 2.24) is 14.6 Å². The average Bonchev–Trinajstić information content (AvgIpc) is 2.47. The molecule has 0 spiro atoms. The van der Waals surface area contributed by atoms with E-state index in [1.165, 1.54) is 6.20 Å². The molecule has 0 amide bonds. The van der Waals surface area contributed by atoms with E-state index in [2.05, 4.69) is 10.1 Å². The van der Waals surface area contributed by atoms with Crippen molar-refractivity contribution in [2.24, 2.45) is 0 Å². The highest BCUT2D eigenvalue weighted by Crippen LogP contribution is 2.14. The highest BCUT2D eigenvalue weighted by molar-refractivity contribution is 8.13.